The van der Waals surface area contributed by atoms with Crippen LogP contribution in [0.15, 0.2) is 46.9 Å². The Morgan fingerprint density at radius 3 is 2.38 bits per heavy atom. The summed E-state index contributed by atoms with van der Waals surface area (Å²) in [4.78, 5) is 0.382. The molecule has 0 aliphatic rings. The molecule has 2 aromatic carbocycles. The van der Waals surface area contributed by atoms with E-state index in [-0.39, 0.29) is 5.41 Å². The molecule has 21 heavy (non-hydrogen) atoms. The first kappa shape index (κ1) is 16.0. The smallest absolute Gasteiger partial charge is 0.106 e. The molecule has 0 aliphatic carbocycles. The fraction of sp³-hybridized carbons (Fsp3) is 0.235. The molecule has 0 spiro atoms. The third-order valence-electron chi connectivity index (χ3n) is 3.25. The van der Waals surface area contributed by atoms with Gasteiger partial charge in [0.05, 0.1) is 0 Å². The van der Waals surface area contributed by atoms with E-state index < -0.39 is 0 Å². The first-order chi connectivity index (χ1) is 9.79. The molecule has 0 unspecified atom stereocenters. The van der Waals surface area contributed by atoms with Crippen LogP contribution in [0, 0.1) is 0 Å². The molecule has 0 fully saturated rings. The minimum Gasteiger partial charge on any atom is -0.389 e. The largest absolute Gasteiger partial charge is 0.389 e. The van der Waals surface area contributed by atoms with Gasteiger partial charge in [0, 0.05) is 21.4 Å². The van der Waals surface area contributed by atoms with Gasteiger partial charge < -0.3 is 11.1 Å². The molecule has 4 heteroatoms. The van der Waals surface area contributed by atoms with Gasteiger partial charge in [0.15, 0.2) is 0 Å². The Kier molecular flexibility index (Phi) is 4.69. The molecule has 0 amide bonds. The van der Waals surface area contributed by atoms with Gasteiger partial charge in [0.2, 0.25) is 0 Å². The molecule has 0 bridgehead atoms. The zero-order valence-electron chi connectivity index (χ0n) is 12.4. The van der Waals surface area contributed by atoms with E-state index in [0.717, 1.165) is 21.4 Å². The molecule has 0 aliphatic heterocycles. The molecular weight excluding hydrogens is 344 g/mol. The SMILES string of the molecule is CC(C)(C)c1ccccc1Nc1ccc(Br)cc1C(N)=S. The number of nitrogens with one attached hydrogen (secondary N) is 1. The molecule has 2 aromatic rings. The molecule has 0 atom stereocenters. The summed E-state index contributed by atoms with van der Waals surface area (Å²) >= 11 is 8.60. The first-order valence-electron chi connectivity index (χ1n) is 6.75. The van der Waals surface area contributed by atoms with Crippen molar-refractivity contribution >= 4 is 44.5 Å². The van der Waals surface area contributed by atoms with Crippen molar-refractivity contribution in [2.24, 2.45) is 5.73 Å². The maximum absolute atomic E-state index is 5.83. The van der Waals surface area contributed by atoms with Crippen LogP contribution in [0.4, 0.5) is 11.4 Å². The Balaban J connectivity index is 2.47. The second kappa shape index (κ2) is 6.16. The molecule has 0 saturated heterocycles. The van der Waals surface area contributed by atoms with Crippen LogP contribution in [-0.4, -0.2) is 4.99 Å². The number of rotatable bonds is 3. The highest BCUT2D eigenvalue weighted by Crippen LogP contribution is 2.32. The van der Waals surface area contributed by atoms with Gasteiger partial charge in [-0.1, -0.05) is 67.1 Å². The van der Waals surface area contributed by atoms with Crippen LogP contribution >= 0.6 is 28.1 Å². The maximum atomic E-state index is 5.83. The maximum Gasteiger partial charge on any atom is 0.106 e. The molecule has 0 aromatic heterocycles. The predicted octanol–water partition coefficient (Wildman–Crippen LogP) is 5.12. The molecule has 2 rings (SSSR count). The lowest BCUT2D eigenvalue weighted by Gasteiger charge is -2.24. The predicted molar refractivity (Wildman–Crippen MR) is 98.5 cm³/mol. The van der Waals surface area contributed by atoms with Crippen LogP contribution in [0.3, 0.4) is 0 Å². The first-order valence-corrected chi connectivity index (χ1v) is 7.95. The van der Waals surface area contributed by atoms with Crippen molar-refractivity contribution in [3.63, 3.8) is 0 Å². The van der Waals surface area contributed by atoms with Crippen molar-refractivity contribution in [2.75, 3.05) is 5.32 Å². The van der Waals surface area contributed by atoms with Crippen LogP contribution < -0.4 is 11.1 Å². The quantitative estimate of drug-likeness (QED) is 0.743. The number of hydrogen-bond donors (Lipinski definition) is 2. The van der Waals surface area contributed by atoms with Crippen LogP contribution in [0.25, 0.3) is 0 Å². The lowest BCUT2D eigenvalue weighted by Crippen LogP contribution is -2.15. The summed E-state index contributed by atoms with van der Waals surface area (Å²) in [6.07, 6.45) is 0. The van der Waals surface area contributed by atoms with E-state index in [4.69, 9.17) is 18.0 Å². The Hall–Kier alpha value is -1.39. The standard InChI is InChI=1S/C17H19BrN2S/c1-17(2,3)13-6-4-5-7-15(13)20-14-9-8-11(18)10-12(14)16(19)21/h4-10,20H,1-3H3,(H2,19,21). The zero-order chi connectivity index (χ0) is 15.6. The Morgan fingerprint density at radius 1 is 1.10 bits per heavy atom. The van der Waals surface area contributed by atoms with Crippen LogP contribution in [-0.2, 0) is 5.41 Å². The summed E-state index contributed by atoms with van der Waals surface area (Å²) < 4.78 is 0.958. The number of anilines is 2. The second-order valence-electron chi connectivity index (χ2n) is 5.97. The van der Waals surface area contributed by atoms with Gasteiger partial charge in [-0.2, -0.15) is 0 Å². The topological polar surface area (TPSA) is 38.0 Å². The normalized spacial score (nSPS) is 11.2. The Labute approximate surface area is 139 Å². The van der Waals surface area contributed by atoms with E-state index in [0.29, 0.717) is 4.99 Å². The summed E-state index contributed by atoms with van der Waals surface area (Å²) in [6, 6.07) is 14.2. The highest BCUT2D eigenvalue weighted by molar-refractivity contribution is 9.10. The number of halogens is 1. The lowest BCUT2D eigenvalue weighted by atomic mass is 9.85. The highest BCUT2D eigenvalue weighted by atomic mass is 79.9. The van der Waals surface area contributed by atoms with Crippen molar-refractivity contribution in [1.29, 1.82) is 0 Å². The van der Waals surface area contributed by atoms with Crippen LogP contribution in [0.1, 0.15) is 31.9 Å². The summed E-state index contributed by atoms with van der Waals surface area (Å²) in [5, 5.41) is 3.47. The molecule has 0 heterocycles. The zero-order valence-corrected chi connectivity index (χ0v) is 14.8. The third kappa shape index (κ3) is 3.83. The average Bonchev–Trinajstić information content (AvgIpc) is 2.40. The van der Waals surface area contributed by atoms with E-state index >= 15 is 0 Å². The average molecular weight is 363 g/mol. The number of para-hydroxylation sites is 1. The van der Waals surface area contributed by atoms with Gasteiger partial charge in [-0.15, -0.1) is 0 Å². The van der Waals surface area contributed by atoms with E-state index in [1.807, 2.05) is 24.3 Å². The van der Waals surface area contributed by atoms with E-state index in [2.05, 4.69) is 60.2 Å². The van der Waals surface area contributed by atoms with Gasteiger partial charge in [-0.25, -0.2) is 0 Å². The summed E-state index contributed by atoms with van der Waals surface area (Å²) in [5.74, 6) is 0. The Morgan fingerprint density at radius 2 is 1.76 bits per heavy atom. The number of nitrogens with two attached hydrogens (primary N) is 1. The fourth-order valence-electron chi connectivity index (χ4n) is 2.22. The van der Waals surface area contributed by atoms with Gasteiger partial charge in [0.25, 0.3) is 0 Å². The minimum atomic E-state index is 0.0579. The van der Waals surface area contributed by atoms with Gasteiger partial charge in [0.1, 0.15) is 4.99 Å². The van der Waals surface area contributed by atoms with Crippen LogP contribution in [0.2, 0.25) is 0 Å². The monoisotopic (exact) mass is 362 g/mol. The van der Waals surface area contributed by atoms with Crippen molar-refractivity contribution in [1.82, 2.24) is 0 Å². The van der Waals surface area contributed by atoms with E-state index in [1.165, 1.54) is 5.56 Å². The summed E-state index contributed by atoms with van der Waals surface area (Å²) in [5.41, 5.74) is 9.97. The summed E-state index contributed by atoms with van der Waals surface area (Å²) in [6.45, 7) is 6.59. The molecule has 110 valence electrons. The fourth-order valence-corrected chi connectivity index (χ4v) is 2.75. The lowest BCUT2D eigenvalue weighted by molar-refractivity contribution is 0.592. The van der Waals surface area contributed by atoms with Crippen molar-refractivity contribution in [2.45, 2.75) is 26.2 Å². The number of thiocarbonyl (C=S) groups is 1. The van der Waals surface area contributed by atoms with Crippen molar-refractivity contribution < 1.29 is 0 Å². The Bertz CT molecular complexity index is 675. The van der Waals surface area contributed by atoms with Gasteiger partial charge in [-0.05, 0) is 35.2 Å². The van der Waals surface area contributed by atoms with E-state index in [1.54, 1.807) is 0 Å². The second-order valence-corrected chi connectivity index (χ2v) is 7.33. The number of hydrogen-bond acceptors (Lipinski definition) is 2. The van der Waals surface area contributed by atoms with Gasteiger partial charge >= 0.3 is 0 Å². The number of benzene rings is 2. The molecule has 3 N–H and O–H groups in total. The minimum absolute atomic E-state index is 0.0579. The molecular formula is C17H19BrN2S. The molecule has 0 radical (unpaired) electrons. The van der Waals surface area contributed by atoms with E-state index in [9.17, 15) is 0 Å². The highest BCUT2D eigenvalue weighted by Gasteiger charge is 2.18. The molecule has 0 saturated carbocycles. The van der Waals surface area contributed by atoms with Crippen LogP contribution in [0.5, 0.6) is 0 Å². The van der Waals surface area contributed by atoms with Crippen molar-refractivity contribution in [3.8, 4) is 0 Å². The van der Waals surface area contributed by atoms with Gasteiger partial charge in [-0.3, -0.25) is 0 Å². The molecule has 2 nitrogen and oxygen atoms in total. The summed E-state index contributed by atoms with van der Waals surface area (Å²) in [7, 11) is 0. The van der Waals surface area contributed by atoms with Crippen molar-refractivity contribution in [3.05, 3.63) is 58.1 Å². The third-order valence-corrected chi connectivity index (χ3v) is 3.96.